The van der Waals surface area contributed by atoms with Crippen LogP contribution in [0.2, 0.25) is 0 Å². The summed E-state index contributed by atoms with van der Waals surface area (Å²) in [5.41, 5.74) is 3.46. The third-order valence-corrected chi connectivity index (χ3v) is 2.84. The van der Waals surface area contributed by atoms with E-state index >= 15 is 0 Å². The van der Waals surface area contributed by atoms with Gasteiger partial charge in [0.15, 0.2) is 0 Å². The van der Waals surface area contributed by atoms with Crippen molar-refractivity contribution in [3.8, 4) is 0 Å². The third-order valence-electron chi connectivity index (χ3n) is 2.84. The zero-order valence-electron chi connectivity index (χ0n) is 8.60. The summed E-state index contributed by atoms with van der Waals surface area (Å²) < 4.78 is 24.2. The Morgan fingerprint density at radius 2 is 2.00 bits per heavy atom. The van der Waals surface area contributed by atoms with Crippen LogP contribution in [0.1, 0.15) is 24.0 Å². The first-order valence-corrected chi connectivity index (χ1v) is 5.40. The highest BCUT2D eigenvalue weighted by Gasteiger charge is 2.13. The molecule has 0 aromatic heterocycles. The van der Waals surface area contributed by atoms with Crippen molar-refractivity contribution in [3.63, 3.8) is 0 Å². The van der Waals surface area contributed by atoms with Crippen molar-refractivity contribution in [3.05, 3.63) is 29.3 Å². The van der Waals surface area contributed by atoms with Gasteiger partial charge in [0.25, 0.3) is 6.43 Å². The van der Waals surface area contributed by atoms with E-state index in [1.807, 2.05) is 12.1 Å². The zero-order chi connectivity index (χ0) is 10.7. The molecule has 1 aromatic rings. The van der Waals surface area contributed by atoms with E-state index in [0.717, 1.165) is 18.5 Å². The molecule has 82 valence electrons. The molecule has 1 aliphatic rings. The number of hydrogen-bond donors (Lipinski definition) is 1. The Hall–Kier alpha value is -1.12. The Morgan fingerprint density at radius 1 is 1.20 bits per heavy atom. The molecule has 1 aromatic carbocycles. The molecule has 1 nitrogen and oxygen atoms in total. The predicted molar refractivity (Wildman–Crippen MR) is 57.6 cm³/mol. The van der Waals surface area contributed by atoms with Gasteiger partial charge in [0.2, 0.25) is 0 Å². The molecule has 0 radical (unpaired) electrons. The van der Waals surface area contributed by atoms with Crippen molar-refractivity contribution in [1.82, 2.24) is 0 Å². The lowest BCUT2D eigenvalue weighted by Crippen LogP contribution is -2.13. The summed E-state index contributed by atoms with van der Waals surface area (Å²) in [5, 5.41) is 2.82. The summed E-state index contributed by atoms with van der Waals surface area (Å²) in [6.45, 7) is -0.254. The van der Waals surface area contributed by atoms with Gasteiger partial charge < -0.3 is 5.32 Å². The van der Waals surface area contributed by atoms with Crippen molar-refractivity contribution in [2.24, 2.45) is 0 Å². The zero-order valence-corrected chi connectivity index (χ0v) is 8.60. The largest absolute Gasteiger partial charge is 0.379 e. The first kappa shape index (κ1) is 10.4. The van der Waals surface area contributed by atoms with Crippen LogP contribution in [0, 0.1) is 0 Å². The summed E-state index contributed by atoms with van der Waals surface area (Å²) in [7, 11) is 0. The van der Waals surface area contributed by atoms with Crippen molar-refractivity contribution >= 4 is 5.69 Å². The lowest BCUT2D eigenvalue weighted by Gasteiger charge is -2.19. The smallest absolute Gasteiger partial charge is 0.255 e. The summed E-state index contributed by atoms with van der Waals surface area (Å²) in [6.07, 6.45) is 2.19. The molecular weight excluding hydrogens is 196 g/mol. The number of alkyl halides is 2. The van der Waals surface area contributed by atoms with Crippen molar-refractivity contribution in [2.45, 2.75) is 32.1 Å². The highest BCUT2D eigenvalue weighted by Crippen LogP contribution is 2.27. The molecule has 1 aliphatic carbocycles. The summed E-state index contributed by atoms with van der Waals surface area (Å²) in [6, 6.07) is 5.94. The molecule has 0 heterocycles. The maximum atomic E-state index is 12.1. The maximum Gasteiger partial charge on any atom is 0.255 e. The topological polar surface area (TPSA) is 12.0 Å². The monoisotopic (exact) mass is 211 g/mol. The van der Waals surface area contributed by atoms with E-state index in [1.54, 1.807) is 0 Å². The average molecular weight is 211 g/mol. The molecule has 2 rings (SSSR count). The van der Waals surface area contributed by atoms with E-state index in [4.69, 9.17) is 0 Å². The third kappa shape index (κ3) is 2.46. The second kappa shape index (κ2) is 4.60. The molecule has 1 N–H and O–H groups in total. The quantitative estimate of drug-likeness (QED) is 0.809. The van der Waals surface area contributed by atoms with Crippen LogP contribution in [0.4, 0.5) is 14.5 Å². The van der Waals surface area contributed by atoms with Gasteiger partial charge in [0.1, 0.15) is 0 Å². The van der Waals surface area contributed by atoms with Crippen molar-refractivity contribution < 1.29 is 8.78 Å². The SMILES string of the molecule is FC(F)CNc1cccc2c1CCCC2. The molecule has 0 saturated carbocycles. The van der Waals surface area contributed by atoms with Crippen LogP contribution < -0.4 is 5.32 Å². The molecule has 0 amide bonds. The molecule has 0 bridgehead atoms. The molecule has 0 unspecified atom stereocenters. The molecule has 0 saturated heterocycles. The molecule has 0 aliphatic heterocycles. The number of rotatable bonds is 3. The van der Waals surface area contributed by atoms with Gasteiger partial charge >= 0.3 is 0 Å². The Labute approximate surface area is 88.5 Å². The Kier molecular flexibility index (Phi) is 3.19. The molecular formula is C12H15F2N. The highest BCUT2D eigenvalue weighted by atomic mass is 19.3. The van der Waals surface area contributed by atoms with Gasteiger partial charge in [-0.2, -0.15) is 0 Å². The van der Waals surface area contributed by atoms with Crippen LogP contribution in [0.25, 0.3) is 0 Å². The second-order valence-corrected chi connectivity index (χ2v) is 3.92. The fraction of sp³-hybridized carbons (Fsp3) is 0.500. The van der Waals surface area contributed by atoms with E-state index < -0.39 is 6.43 Å². The lowest BCUT2D eigenvalue weighted by atomic mass is 9.90. The van der Waals surface area contributed by atoms with Gasteiger partial charge in [-0.3, -0.25) is 0 Å². The van der Waals surface area contributed by atoms with Crippen molar-refractivity contribution in [2.75, 3.05) is 11.9 Å². The minimum Gasteiger partial charge on any atom is -0.379 e. The van der Waals surface area contributed by atoms with Gasteiger partial charge in [0, 0.05) is 5.69 Å². The fourth-order valence-corrected chi connectivity index (χ4v) is 2.13. The van der Waals surface area contributed by atoms with Gasteiger partial charge in [-0.1, -0.05) is 12.1 Å². The van der Waals surface area contributed by atoms with Crippen LogP contribution in [-0.2, 0) is 12.8 Å². The number of anilines is 1. The molecule has 0 spiro atoms. The van der Waals surface area contributed by atoms with Crippen LogP contribution in [0.5, 0.6) is 0 Å². The second-order valence-electron chi connectivity index (χ2n) is 3.92. The van der Waals surface area contributed by atoms with Gasteiger partial charge in [0.05, 0.1) is 6.54 Å². The van der Waals surface area contributed by atoms with Gasteiger partial charge in [-0.05, 0) is 42.9 Å². The van der Waals surface area contributed by atoms with Crippen LogP contribution in [0.15, 0.2) is 18.2 Å². The number of hydrogen-bond acceptors (Lipinski definition) is 1. The van der Waals surface area contributed by atoms with E-state index in [-0.39, 0.29) is 6.54 Å². The average Bonchev–Trinajstić information content (AvgIpc) is 2.26. The lowest BCUT2D eigenvalue weighted by molar-refractivity contribution is 0.163. The molecule has 15 heavy (non-hydrogen) atoms. The van der Waals surface area contributed by atoms with Crippen molar-refractivity contribution in [1.29, 1.82) is 0 Å². The summed E-state index contributed by atoms with van der Waals surface area (Å²) >= 11 is 0. The molecule has 0 atom stereocenters. The number of benzene rings is 1. The van der Waals surface area contributed by atoms with Crippen LogP contribution in [0.3, 0.4) is 0 Å². The Morgan fingerprint density at radius 3 is 2.80 bits per heavy atom. The van der Waals surface area contributed by atoms with E-state index in [0.29, 0.717) is 0 Å². The summed E-state index contributed by atoms with van der Waals surface area (Å²) in [4.78, 5) is 0. The number of fused-ring (bicyclic) bond motifs is 1. The molecule has 3 heteroatoms. The maximum absolute atomic E-state index is 12.1. The van der Waals surface area contributed by atoms with E-state index in [1.165, 1.54) is 24.0 Å². The Balaban J connectivity index is 2.16. The fourth-order valence-electron chi connectivity index (χ4n) is 2.13. The number of nitrogens with one attached hydrogen (secondary N) is 1. The van der Waals surface area contributed by atoms with Gasteiger partial charge in [-0.15, -0.1) is 0 Å². The minimum atomic E-state index is -2.29. The highest BCUT2D eigenvalue weighted by molar-refractivity contribution is 5.55. The normalized spacial score (nSPS) is 15.1. The first-order valence-electron chi connectivity index (χ1n) is 5.40. The van der Waals surface area contributed by atoms with E-state index in [9.17, 15) is 8.78 Å². The van der Waals surface area contributed by atoms with E-state index in [2.05, 4.69) is 11.4 Å². The minimum absolute atomic E-state index is 0.254. The standard InChI is InChI=1S/C12H15F2N/c13-12(14)8-15-11-7-3-5-9-4-1-2-6-10(9)11/h3,5,7,12,15H,1-2,4,6,8H2. The predicted octanol–water partition coefficient (Wildman–Crippen LogP) is 3.24. The summed E-state index contributed by atoms with van der Waals surface area (Å²) in [5.74, 6) is 0. The Bertz CT molecular complexity index is 336. The molecule has 0 fully saturated rings. The first-order chi connectivity index (χ1) is 7.27. The van der Waals surface area contributed by atoms with Crippen LogP contribution >= 0.6 is 0 Å². The number of halogens is 2. The van der Waals surface area contributed by atoms with Crippen LogP contribution in [-0.4, -0.2) is 13.0 Å². The number of aryl methyl sites for hydroxylation is 1. The van der Waals surface area contributed by atoms with Gasteiger partial charge in [-0.25, -0.2) is 8.78 Å².